The molecule has 1 aromatic heterocycles. The molecule has 0 bridgehead atoms. The molecule has 1 atom stereocenters. The second-order valence-electron chi connectivity index (χ2n) is 6.98. The van der Waals surface area contributed by atoms with E-state index in [4.69, 9.17) is 5.73 Å². The van der Waals surface area contributed by atoms with E-state index in [1.54, 1.807) is 0 Å². The zero-order valence-electron chi connectivity index (χ0n) is 15.8. The first-order chi connectivity index (χ1) is 14.5. The van der Waals surface area contributed by atoms with Crippen LogP contribution in [0, 0.1) is 17.5 Å². The number of amides is 2. The molecular formula is C18H17F6N5O2. The minimum Gasteiger partial charge on any atom is -0.335 e. The quantitative estimate of drug-likeness (QED) is 0.402. The van der Waals surface area contributed by atoms with Crippen LogP contribution in [0.3, 0.4) is 0 Å². The summed E-state index contributed by atoms with van der Waals surface area (Å²) in [4.78, 5) is 27.9. The molecule has 1 aromatic carbocycles. The predicted octanol–water partition coefficient (Wildman–Crippen LogP) is 2.19. The van der Waals surface area contributed by atoms with Crippen LogP contribution in [0.1, 0.15) is 23.5 Å². The van der Waals surface area contributed by atoms with E-state index in [9.17, 15) is 35.9 Å². The minimum atomic E-state index is -4.75. The van der Waals surface area contributed by atoms with Crippen molar-refractivity contribution in [3.8, 4) is 0 Å². The van der Waals surface area contributed by atoms with E-state index in [0.717, 1.165) is 4.57 Å². The van der Waals surface area contributed by atoms with Crippen molar-refractivity contribution >= 4 is 18.1 Å². The van der Waals surface area contributed by atoms with E-state index in [2.05, 4.69) is 10.3 Å². The molecule has 0 aliphatic carbocycles. The summed E-state index contributed by atoms with van der Waals surface area (Å²) in [6.07, 6.45) is -5.14. The van der Waals surface area contributed by atoms with Gasteiger partial charge in [0.15, 0.2) is 17.5 Å². The number of benzene rings is 1. The van der Waals surface area contributed by atoms with E-state index < -0.39 is 41.4 Å². The second-order valence-corrected chi connectivity index (χ2v) is 6.98. The number of halogens is 6. The van der Waals surface area contributed by atoms with Crippen molar-refractivity contribution in [2.24, 2.45) is 5.73 Å². The smallest absolute Gasteiger partial charge is 0.335 e. The van der Waals surface area contributed by atoms with Crippen LogP contribution in [-0.2, 0) is 35.3 Å². The highest BCUT2D eigenvalue weighted by molar-refractivity contribution is 5.77. The SMILES string of the molecule is NC(CC(=O)N1CCn2c(C(F)(F)F)nc(NC=O)c2C1)Cc1cc(F)c(F)cc1F. The average molecular weight is 449 g/mol. The molecule has 2 heterocycles. The van der Waals surface area contributed by atoms with Gasteiger partial charge in [0.25, 0.3) is 0 Å². The van der Waals surface area contributed by atoms with E-state index in [1.165, 1.54) is 4.90 Å². The summed E-state index contributed by atoms with van der Waals surface area (Å²) in [7, 11) is 0. The molecule has 0 fully saturated rings. The first-order valence-corrected chi connectivity index (χ1v) is 9.04. The summed E-state index contributed by atoms with van der Waals surface area (Å²) < 4.78 is 80.5. The van der Waals surface area contributed by atoms with Crippen molar-refractivity contribution in [1.82, 2.24) is 14.5 Å². The maximum Gasteiger partial charge on any atom is 0.449 e. The van der Waals surface area contributed by atoms with E-state index in [1.807, 2.05) is 0 Å². The van der Waals surface area contributed by atoms with Crippen molar-refractivity contribution in [2.75, 3.05) is 11.9 Å². The first kappa shape index (κ1) is 22.6. The summed E-state index contributed by atoms with van der Waals surface area (Å²) in [5.41, 5.74) is 5.64. The molecule has 2 aromatic rings. The topological polar surface area (TPSA) is 93.2 Å². The number of hydrogen-bond donors (Lipinski definition) is 2. The van der Waals surface area contributed by atoms with Crippen molar-refractivity contribution < 1.29 is 35.9 Å². The van der Waals surface area contributed by atoms with Gasteiger partial charge >= 0.3 is 6.18 Å². The molecule has 0 saturated heterocycles. The fourth-order valence-corrected chi connectivity index (χ4v) is 3.40. The van der Waals surface area contributed by atoms with Crippen LogP contribution in [0.15, 0.2) is 12.1 Å². The number of aromatic nitrogens is 2. The fraction of sp³-hybridized carbons (Fsp3) is 0.389. The molecule has 13 heteroatoms. The van der Waals surface area contributed by atoms with E-state index >= 15 is 0 Å². The van der Waals surface area contributed by atoms with Gasteiger partial charge in [0.2, 0.25) is 18.1 Å². The van der Waals surface area contributed by atoms with Crippen LogP contribution in [0.2, 0.25) is 0 Å². The molecule has 3 N–H and O–H groups in total. The molecule has 1 unspecified atom stereocenters. The van der Waals surface area contributed by atoms with Crippen LogP contribution in [0.25, 0.3) is 0 Å². The molecule has 1 aliphatic rings. The van der Waals surface area contributed by atoms with Crippen molar-refractivity contribution in [2.45, 2.75) is 38.1 Å². The summed E-state index contributed by atoms with van der Waals surface area (Å²) in [6, 6.07) is 0.0898. The molecule has 2 amide bonds. The second kappa shape index (κ2) is 8.57. The highest BCUT2D eigenvalue weighted by Gasteiger charge is 2.40. The molecule has 0 saturated carbocycles. The largest absolute Gasteiger partial charge is 0.449 e. The average Bonchev–Trinajstić information content (AvgIpc) is 3.04. The zero-order chi connectivity index (χ0) is 22.9. The third-order valence-electron chi connectivity index (χ3n) is 4.82. The number of carbonyl (C=O) groups excluding carboxylic acids is 2. The van der Waals surface area contributed by atoms with Crippen LogP contribution < -0.4 is 11.1 Å². The van der Waals surface area contributed by atoms with Gasteiger partial charge in [-0.3, -0.25) is 9.59 Å². The molecule has 3 rings (SSSR count). The lowest BCUT2D eigenvalue weighted by Crippen LogP contribution is -2.42. The Morgan fingerprint density at radius 1 is 1.19 bits per heavy atom. The zero-order valence-corrected chi connectivity index (χ0v) is 15.8. The normalized spacial score (nSPS) is 14.9. The minimum absolute atomic E-state index is 0.000698. The lowest BCUT2D eigenvalue weighted by atomic mass is 10.0. The van der Waals surface area contributed by atoms with Crippen LogP contribution in [0.4, 0.5) is 32.2 Å². The lowest BCUT2D eigenvalue weighted by molar-refractivity contribution is -0.148. The Hall–Kier alpha value is -3.09. The number of nitrogens with two attached hydrogens (primary N) is 1. The maximum atomic E-state index is 13.8. The van der Waals surface area contributed by atoms with Gasteiger partial charge in [0, 0.05) is 31.6 Å². The van der Waals surface area contributed by atoms with Gasteiger partial charge < -0.3 is 20.5 Å². The van der Waals surface area contributed by atoms with Crippen LogP contribution in [0.5, 0.6) is 0 Å². The molecule has 0 spiro atoms. The first-order valence-electron chi connectivity index (χ1n) is 9.04. The Morgan fingerprint density at radius 2 is 1.87 bits per heavy atom. The summed E-state index contributed by atoms with van der Waals surface area (Å²) >= 11 is 0. The molecule has 7 nitrogen and oxygen atoms in total. The highest BCUT2D eigenvalue weighted by atomic mass is 19.4. The number of alkyl halides is 3. The molecular weight excluding hydrogens is 432 g/mol. The summed E-state index contributed by atoms with van der Waals surface area (Å²) in [6.45, 7) is -0.543. The standard InChI is InChI=1S/C18H17F6N5O2/c19-11-6-13(21)12(20)4-9(11)3-10(25)5-15(31)28-1-2-29-14(7-28)16(26-8-30)27-17(29)18(22,23)24/h4,6,8,10H,1-3,5,7,25H2,(H,26,30). The Morgan fingerprint density at radius 3 is 2.52 bits per heavy atom. The number of carbonyl (C=O) groups is 2. The Kier molecular flexibility index (Phi) is 6.25. The third kappa shape index (κ3) is 4.81. The lowest BCUT2D eigenvalue weighted by Gasteiger charge is -2.30. The van der Waals surface area contributed by atoms with Gasteiger partial charge in [-0.25, -0.2) is 18.2 Å². The van der Waals surface area contributed by atoms with Crippen molar-refractivity contribution in [3.05, 3.63) is 46.7 Å². The van der Waals surface area contributed by atoms with E-state index in [0.29, 0.717) is 12.1 Å². The number of rotatable bonds is 6. The van der Waals surface area contributed by atoms with E-state index in [-0.39, 0.29) is 56.0 Å². The number of nitrogens with one attached hydrogen (secondary N) is 1. The highest BCUT2D eigenvalue weighted by Crippen LogP contribution is 2.34. The fourth-order valence-electron chi connectivity index (χ4n) is 3.40. The molecule has 1 aliphatic heterocycles. The third-order valence-corrected chi connectivity index (χ3v) is 4.82. The van der Waals surface area contributed by atoms with Gasteiger partial charge in [-0.05, 0) is 18.1 Å². The maximum absolute atomic E-state index is 13.8. The summed E-state index contributed by atoms with van der Waals surface area (Å²) in [5, 5.41) is 2.09. The van der Waals surface area contributed by atoms with Crippen LogP contribution in [-0.4, -0.2) is 39.4 Å². The number of imidazole rings is 1. The predicted molar refractivity (Wildman–Crippen MR) is 94.9 cm³/mol. The number of nitrogens with zero attached hydrogens (tertiary/aromatic N) is 3. The van der Waals surface area contributed by atoms with Crippen molar-refractivity contribution in [1.29, 1.82) is 0 Å². The van der Waals surface area contributed by atoms with Crippen molar-refractivity contribution in [3.63, 3.8) is 0 Å². The van der Waals surface area contributed by atoms with Gasteiger partial charge in [-0.1, -0.05) is 0 Å². The number of anilines is 1. The van der Waals surface area contributed by atoms with Gasteiger partial charge in [0.05, 0.1) is 12.2 Å². The Labute approximate surface area is 171 Å². The monoisotopic (exact) mass is 449 g/mol. The van der Waals surface area contributed by atoms with Gasteiger partial charge in [-0.2, -0.15) is 13.2 Å². The Bertz CT molecular complexity index is 1010. The van der Waals surface area contributed by atoms with Crippen LogP contribution >= 0.6 is 0 Å². The molecule has 168 valence electrons. The molecule has 0 radical (unpaired) electrons. The van der Waals surface area contributed by atoms with Gasteiger partial charge in [0.1, 0.15) is 5.82 Å². The number of fused-ring (bicyclic) bond motifs is 1. The number of hydrogen-bond acceptors (Lipinski definition) is 4. The summed E-state index contributed by atoms with van der Waals surface area (Å²) in [5.74, 6) is -5.65. The molecule has 31 heavy (non-hydrogen) atoms. The Balaban J connectivity index is 1.71. The van der Waals surface area contributed by atoms with Gasteiger partial charge in [-0.15, -0.1) is 0 Å².